The molecular formula is C18H31IN4O. The Morgan fingerprint density at radius 2 is 1.92 bits per heavy atom. The van der Waals surface area contributed by atoms with Gasteiger partial charge in [-0.05, 0) is 43.5 Å². The molecule has 0 amide bonds. The third kappa shape index (κ3) is 6.84. The number of benzene rings is 1. The first-order chi connectivity index (χ1) is 11.2. The van der Waals surface area contributed by atoms with Crippen LogP contribution in [0.3, 0.4) is 0 Å². The van der Waals surface area contributed by atoms with Crippen molar-refractivity contribution in [1.29, 1.82) is 0 Å². The standard InChI is InChI=1S/C18H30N4O.HI/c1-4-11-22-12-9-16(10-13-22)21-18(19-2)20-14-15-5-7-17(23-3)8-6-15;/h5-8,16H,4,9-14H2,1-3H3,(H2,19,20,21);1H. The van der Waals surface area contributed by atoms with Crippen LogP contribution in [-0.4, -0.2) is 50.7 Å². The Hall–Kier alpha value is -1.02. The molecule has 2 rings (SSSR count). The van der Waals surface area contributed by atoms with E-state index in [1.165, 1.54) is 44.5 Å². The molecule has 0 spiro atoms. The summed E-state index contributed by atoms with van der Waals surface area (Å²) in [6.45, 7) is 6.59. The summed E-state index contributed by atoms with van der Waals surface area (Å²) in [5.74, 6) is 1.77. The van der Waals surface area contributed by atoms with Gasteiger partial charge in [-0.3, -0.25) is 4.99 Å². The van der Waals surface area contributed by atoms with Gasteiger partial charge in [-0.2, -0.15) is 0 Å². The van der Waals surface area contributed by atoms with Crippen LogP contribution in [0.4, 0.5) is 0 Å². The Morgan fingerprint density at radius 1 is 1.25 bits per heavy atom. The van der Waals surface area contributed by atoms with Gasteiger partial charge in [-0.25, -0.2) is 0 Å². The number of methoxy groups -OCH3 is 1. The summed E-state index contributed by atoms with van der Waals surface area (Å²) in [5.41, 5.74) is 1.21. The van der Waals surface area contributed by atoms with Crippen LogP contribution in [0.1, 0.15) is 31.7 Å². The maximum Gasteiger partial charge on any atom is 0.191 e. The Morgan fingerprint density at radius 3 is 2.46 bits per heavy atom. The summed E-state index contributed by atoms with van der Waals surface area (Å²) in [6, 6.07) is 8.63. The average molecular weight is 446 g/mol. The van der Waals surface area contributed by atoms with Crippen LogP contribution in [0, 0.1) is 0 Å². The lowest BCUT2D eigenvalue weighted by Gasteiger charge is -2.32. The first kappa shape index (κ1) is 21.0. The zero-order valence-corrected chi connectivity index (χ0v) is 17.4. The summed E-state index contributed by atoms with van der Waals surface area (Å²) in [5, 5.41) is 6.94. The number of guanidine groups is 1. The summed E-state index contributed by atoms with van der Waals surface area (Å²) < 4.78 is 5.18. The van der Waals surface area contributed by atoms with Crippen molar-refractivity contribution in [2.45, 2.75) is 38.8 Å². The predicted molar refractivity (Wildman–Crippen MR) is 111 cm³/mol. The van der Waals surface area contributed by atoms with Gasteiger partial charge in [0.1, 0.15) is 5.75 Å². The molecule has 1 saturated heterocycles. The third-order valence-electron chi connectivity index (χ3n) is 4.31. The van der Waals surface area contributed by atoms with Gasteiger partial charge in [0.15, 0.2) is 5.96 Å². The van der Waals surface area contributed by atoms with E-state index >= 15 is 0 Å². The molecule has 0 aromatic heterocycles. The molecule has 0 aliphatic carbocycles. The highest BCUT2D eigenvalue weighted by Crippen LogP contribution is 2.12. The number of nitrogens with one attached hydrogen (secondary N) is 2. The number of halogens is 1. The number of hydrogen-bond acceptors (Lipinski definition) is 3. The van der Waals surface area contributed by atoms with Crippen molar-refractivity contribution >= 4 is 29.9 Å². The van der Waals surface area contributed by atoms with Crippen LogP contribution >= 0.6 is 24.0 Å². The zero-order valence-electron chi connectivity index (χ0n) is 15.0. The van der Waals surface area contributed by atoms with Gasteiger partial charge >= 0.3 is 0 Å². The van der Waals surface area contributed by atoms with E-state index in [-0.39, 0.29) is 24.0 Å². The molecule has 2 N–H and O–H groups in total. The van der Waals surface area contributed by atoms with Crippen LogP contribution in [-0.2, 0) is 6.54 Å². The molecule has 24 heavy (non-hydrogen) atoms. The fourth-order valence-electron chi connectivity index (χ4n) is 2.93. The lowest BCUT2D eigenvalue weighted by Crippen LogP contribution is -2.48. The number of rotatable bonds is 6. The number of likely N-dealkylation sites (tertiary alicyclic amines) is 1. The number of piperidine rings is 1. The van der Waals surface area contributed by atoms with E-state index in [1.54, 1.807) is 7.11 Å². The summed E-state index contributed by atoms with van der Waals surface area (Å²) >= 11 is 0. The highest BCUT2D eigenvalue weighted by atomic mass is 127. The van der Waals surface area contributed by atoms with Crippen molar-refractivity contribution in [3.8, 4) is 5.75 Å². The van der Waals surface area contributed by atoms with Gasteiger partial charge in [-0.15, -0.1) is 24.0 Å². The smallest absolute Gasteiger partial charge is 0.191 e. The summed E-state index contributed by atoms with van der Waals surface area (Å²) in [7, 11) is 3.51. The molecule has 0 bridgehead atoms. The summed E-state index contributed by atoms with van der Waals surface area (Å²) in [4.78, 5) is 6.89. The molecular weight excluding hydrogens is 415 g/mol. The first-order valence-corrected chi connectivity index (χ1v) is 8.57. The molecule has 1 aromatic carbocycles. The quantitative estimate of drug-likeness (QED) is 0.401. The SMILES string of the molecule is CCCN1CCC(NC(=NC)NCc2ccc(OC)cc2)CC1.I. The van der Waals surface area contributed by atoms with E-state index in [2.05, 4.69) is 39.6 Å². The van der Waals surface area contributed by atoms with E-state index in [0.717, 1.165) is 18.3 Å². The normalized spacial score (nSPS) is 16.4. The van der Waals surface area contributed by atoms with Gasteiger partial charge in [0.2, 0.25) is 0 Å². The molecule has 1 fully saturated rings. The minimum atomic E-state index is 0. The Labute approximate surface area is 163 Å². The monoisotopic (exact) mass is 446 g/mol. The van der Waals surface area contributed by atoms with Crippen LogP contribution in [0.2, 0.25) is 0 Å². The lowest BCUT2D eigenvalue weighted by atomic mass is 10.1. The van der Waals surface area contributed by atoms with Crippen molar-refractivity contribution in [2.75, 3.05) is 33.8 Å². The zero-order chi connectivity index (χ0) is 16.5. The van der Waals surface area contributed by atoms with Gasteiger partial charge < -0.3 is 20.3 Å². The highest BCUT2D eigenvalue weighted by Gasteiger charge is 2.19. The van der Waals surface area contributed by atoms with Crippen molar-refractivity contribution in [1.82, 2.24) is 15.5 Å². The third-order valence-corrected chi connectivity index (χ3v) is 4.31. The van der Waals surface area contributed by atoms with E-state index in [4.69, 9.17) is 4.74 Å². The van der Waals surface area contributed by atoms with E-state index in [0.29, 0.717) is 6.04 Å². The van der Waals surface area contributed by atoms with Crippen LogP contribution in [0.5, 0.6) is 5.75 Å². The second-order valence-corrected chi connectivity index (χ2v) is 6.03. The second-order valence-electron chi connectivity index (χ2n) is 6.03. The van der Waals surface area contributed by atoms with Crippen molar-refractivity contribution in [2.24, 2.45) is 4.99 Å². The maximum absolute atomic E-state index is 5.18. The topological polar surface area (TPSA) is 48.9 Å². The molecule has 1 aliphatic rings. The van der Waals surface area contributed by atoms with E-state index in [9.17, 15) is 0 Å². The fraction of sp³-hybridized carbons (Fsp3) is 0.611. The Bertz CT molecular complexity index is 484. The summed E-state index contributed by atoms with van der Waals surface area (Å²) in [6.07, 6.45) is 3.61. The molecule has 1 heterocycles. The van der Waals surface area contributed by atoms with E-state index in [1.807, 2.05) is 19.2 Å². The fourth-order valence-corrected chi connectivity index (χ4v) is 2.93. The van der Waals surface area contributed by atoms with Crippen LogP contribution in [0.15, 0.2) is 29.3 Å². The average Bonchev–Trinajstić information content (AvgIpc) is 2.60. The van der Waals surface area contributed by atoms with E-state index < -0.39 is 0 Å². The van der Waals surface area contributed by atoms with Crippen LogP contribution < -0.4 is 15.4 Å². The van der Waals surface area contributed by atoms with Crippen molar-refractivity contribution < 1.29 is 4.74 Å². The Balaban J connectivity index is 0.00000288. The number of ether oxygens (including phenoxy) is 1. The number of hydrogen-bond donors (Lipinski definition) is 2. The minimum absolute atomic E-state index is 0. The molecule has 136 valence electrons. The first-order valence-electron chi connectivity index (χ1n) is 8.57. The molecule has 5 nitrogen and oxygen atoms in total. The minimum Gasteiger partial charge on any atom is -0.497 e. The molecule has 0 saturated carbocycles. The molecule has 1 aromatic rings. The number of nitrogens with zero attached hydrogens (tertiary/aromatic N) is 2. The maximum atomic E-state index is 5.18. The van der Waals surface area contributed by atoms with Crippen LogP contribution in [0.25, 0.3) is 0 Å². The number of aliphatic imine (C=N–C) groups is 1. The molecule has 0 unspecified atom stereocenters. The van der Waals surface area contributed by atoms with Crippen molar-refractivity contribution in [3.63, 3.8) is 0 Å². The molecule has 6 heteroatoms. The highest BCUT2D eigenvalue weighted by molar-refractivity contribution is 14.0. The molecule has 0 radical (unpaired) electrons. The van der Waals surface area contributed by atoms with Gasteiger partial charge in [0.25, 0.3) is 0 Å². The van der Waals surface area contributed by atoms with Gasteiger partial charge in [0, 0.05) is 32.7 Å². The van der Waals surface area contributed by atoms with Gasteiger partial charge in [-0.1, -0.05) is 19.1 Å². The second kappa shape index (κ2) is 11.5. The lowest BCUT2D eigenvalue weighted by molar-refractivity contribution is 0.206. The molecule has 0 atom stereocenters. The largest absolute Gasteiger partial charge is 0.497 e. The van der Waals surface area contributed by atoms with Crippen molar-refractivity contribution in [3.05, 3.63) is 29.8 Å². The van der Waals surface area contributed by atoms with Gasteiger partial charge in [0.05, 0.1) is 7.11 Å². The molecule has 1 aliphatic heterocycles. The predicted octanol–water partition coefficient (Wildman–Crippen LogP) is 2.85. The Kier molecular flexibility index (Phi) is 10.1.